The molecular formula is C12H11ClN2O6. The van der Waals surface area contributed by atoms with Gasteiger partial charge in [-0.3, -0.25) is 14.9 Å². The maximum atomic E-state index is 12.3. The number of carbonyl (C=O) groups excluding carboxylic acids is 1. The average Bonchev–Trinajstić information content (AvgIpc) is 2.47. The summed E-state index contributed by atoms with van der Waals surface area (Å²) in [6.45, 7) is 0.143. The summed E-state index contributed by atoms with van der Waals surface area (Å²) in [6, 6.07) is 3.54. The fourth-order valence-corrected chi connectivity index (χ4v) is 2.14. The second-order valence-electron chi connectivity index (χ2n) is 4.37. The molecule has 1 fully saturated rings. The van der Waals surface area contributed by atoms with E-state index < -0.39 is 22.9 Å². The number of nitro benzene ring substituents is 1. The van der Waals surface area contributed by atoms with Crippen LogP contribution in [0.1, 0.15) is 10.4 Å². The molecule has 0 radical (unpaired) electrons. The molecule has 1 N–H and O–H groups in total. The third kappa shape index (κ3) is 3.29. The van der Waals surface area contributed by atoms with Crippen molar-refractivity contribution in [3.63, 3.8) is 0 Å². The Kier molecular flexibility index (Phi) is 4.39. The maximum Gasteiger partial charge on any atom is 0.334 e. The van der Waals surface area contributed by atoms with Crippen LogP contribution in [0.25, 0.3) is 0 Å². The van der Waals surface area contributed by atoms with Crippen molar-refractivity contribution in [3.8, 4) is 0 Å². The molecule has 21 heavy (non-hydrogen) atoms. The SMILES string of the molecule is O=C(O)C1CN(C(=O)c2cc([N+](=O)[O-])ccc2Cl)CCO1. The van der Waals surface area contributed by atoms with Gasteiger partial charge in [0.15, 0.2) is 6.10 Å². The third-order valence-electron chi connectivity index (χ3n) is 3.02. The van der Waals surface area contributed by atoms with Crippen molar-refractivity contribution >= 4 is 29.2 Å². The van der Waals surface area contributed by atoms with Crippen LogP contribution < -0.4 is 0 Å². The lowest BCUT2D eigenvalue weighted by atomic mass is 10.1. The molecule has 0 aromatic heterocycles. The minimum absolute atomic E-state index is 0.0306. The summed E-state index contributed by atoms with van der Waals surface area (Å²) < 4.78 is 5.01. The molecule has 0 bridgehead atoms. The number of aliphatic carboxylic acids is 1. The van der Waals surface area contributed by atoms with Crippen LogP contribution in [-0.2, 0) is 9.53 Å². The van der Waals surface area contributed by atoms with E-state index >= 15 is 0 Å². The molecule has 0 saturated carbocycles. The Bertz CT molecular complexity index is 605. The summed E-state index contributed by atoms with van der Waals surface area (Å²) >= 11 is 5.90. The normalized spacial score (nSPS) is 18.3. The predicted molar refractivity (Wildman–Crippen MR) is 71.4 cm³/mol. The first-order chi connectivity index (χ1) is 9.90. The van der Waals surface area contributed by atoms with E-state index in [1.54, 1.807) is 0 Å². The molecule has 1 saturated heterocycles. The van der Waals surface area contributed by atoms with E-state index in [4.69, 9.17) is 21.4 Å². The van der Waals surface area contributed by atoms with Gasteiger partial charge in [0.25, 0.3) is 11.6 Å². The second kappa shape index (κ2) is 6.06. The first-order valence-electron chi connectivity index (χ1n) is 5.97. The molecule has 0 aliphatic carbocycles. The van der Waals surface area contributed by atoms with Crippen LogP contribution in [0.4, 0.5) is 5.69 Å². The predicted octanol–water partition coefficient (Wildman–Crippen LogP) is 1.17. The molecule has 8 nitrogen and oxygen atoms in total. The monoisotopic (exact) mass is 314 g/mol. The number of nitro groups is 1. The molecule has 1 heterocycles. The van der Waals surface area contributed by atoms with Crippen LogP contribution in [0.2, 0.25) is 5.02 Å². The number of amides is 1. The molecular weight excluding hydrogens is 304 g/mol. The van der Waals surface area contributed by atoms with E-state index in [1.165, 1.54) is 17.0 Å². The van der Waals surface area contributed by atoms with Crippen LogP contribution in [0.3, 0.4) is 0 Å². The van der Waals surface area contributed by atoms with Gasteiger partial charge in [-0.25, -0.2) is 4.79 Å². The molecule has 1 amide bonds. The lowest BCUT2D eigenvalue weighted by molar-refractivity contribution is -0.384. The van der Waals surface area contributed by atoms with Crippen LogP contribution in [0.5, 0.6) is 0 Å². The zero-order valence-corrected chi connectivity index (χ0v) is 11.4. The number of rotatable bonds is 3. The second-order valence-corrected chi connectivity index (χ2v) is 4.78. The molecule has 1 unspecified atom stereocenters. The summed E-state index contributed by atoms with van der Waals surface area (Å²) in [6.07, 6.45) is -1.11. The van der Waals surface area contributed by atoms with Gasteiger partial charge < -0.3 is 14.7 Å². The quantitative estimate of drug-likeness (QED) is 0.662. The molecule has 112 valence electrons. The van der Waals surface area contributed by atoms with Crippen LogP contribution in [-0.4, -0.2) is 52.6 Å². The van der Waals surface area contributed by atoms with Crippen molar-refractivity contribution in [3.05, 3.63) is 38.9 Å². The number of ether oxygens (including phenoxy) is 1. The highest BCUT2D eigenvalue weighted by atomic mass is 35.5. The van der Waals surface area contributed by atoms with E-state index in [2.05, 4.69) is 0 Å². The molecule has 0 spiro atoms. The van der Waals surface area contributed by atoms with E-state index in [0.717, 1.165) is 6.07 Å². The van der Waals surface area contributed by atoms with Crippen molar-refractivity contribution in [2.45, 2.75) is 6.10 Å². The molecule has 1 aromatic rings. The number of nitrogens with zero attached hydrogens (tertiary/aromatic N) is 2. The maximum absolute atomic E-state index is 12.3. The van der Waals surface area contributed by atoms with E-state index in [9.17, 15) is 19.7 Å². The summed E-state index contributed by atoms with van der Waals surface area (Å²) in [4.78, 5) is 34.6. The summed E-state index contributed by atoms with van der Waals surface area (Å²) in [5.74, 6) is -1.73. The van der Waals surface area contributed by atoms with E-state index in [1.807, 2.05) is 0 Å². The topological polar surface area (TPSA) is 110 Å². The Balaban J connectivity index is 2.25. The average molecular weight is 315 g/mol. The fraction of sp³-hybridized carbons (Fsp3) is 0.333. The lowest BCUT2D eigenvalue weighted by Gasteiger charge is -2.31. The van der Waals surface area contributed by atoms with E-state index in [0.29, 0.717) is 0 Å². The number of morpholine rings is 1. The fourth-order valence-electron chi connectivity index (χ4n) is 1.94. The minimum Gasteiger partial charge on any atom is -0.479 e. The van der Waals surface area contributed by atoms with Crippen molar-refractivity contribution in [1.29, 1.82) is 0 Å². The van der Waals surface area contributed by atoms with E-state index in [-0.39, 0.29) is 36.0 Å². The van der Waals surface area contributed by atoms with Crippen LogP contribution in [0.15, 0.2) is 18.2 Å². The number of hydrogen-bond acceptors (Lipinski definition) is 5. The van der Waals surface area contributed by atoms with Gasteiger partial charge in [0, 0.05) is 18.7 Å². The molecule has 9 heteroatoms. The lowest BCUT2D eigenvalue weighted by Crippen LogP contribution is -2.48. The Labute approximate surface area is 124 Å². The summed E-state index contributed by atoms with van der Waals surface area (Å²) in [7, 11) is 0. The molecule has 1 aromatic carbocycles. The highest BCUT2D eigenvalue weighted by Gasteiger charge is 2.30. The van der Waals surface area contributed by atoms with Crippen LogP contribution >= 0.6 is 11.6 Å². The number of carboxylic acids is 1. The summed E-state index contributed by atoms with van der Waals surface area (Å²) in [5.41, 5.74) is -0.289. The number of carboxylic acid groups (broad SMARTS) is 1. The van der Waals surface area contributed by atoms with Crippen molar-refractivity contribution in [2.75, 3.05) is 19.7 Å². The Morgan fingerprint density at radius 3 is 2.81 bits per heavy atom. The largest absolute Gasteiger partial charge is 0.479 e. The van der Waals surface area contributed by atoms with Gasteiger partial charge in [-0.05, 0) is 6.07 Å². The highest BCUT2D eigenvalue weighted by Crippen LogP contribution is 2.24. The number of halogens is 1. The smallest absolute Gasteiger partial charge is 0.334 e. The van der Waals surface area contributed by atoms with Gasteiger partial charge in [-0.1, -0.05) is 11.6 Å². The third-order valence-corrected chi connectivity index (χ3v) is 3.35. The molecule has 1 aliphatic heterocycles. The van der Waals surface area contributed by atoms with Crippen LogP contribution in [0, 0.1) is 10.1 Å². The standard InChI is InChI=1S/C12H11ClN2O6/c13-9-2-1-7(15(19)20)5-8(9)11(16)14-3-4-21-10(6-14)12(17)18/h1-2,5,10H,3-4,6H2,(H,17,18). The van der Waals surface area contributed by atoms with Gasteiger partial charge in [0.2, 0.25) is 0 Å². The Hall–Kier alpha value is -2.19. The Morgan fingerprint density at radius 2 is 2.19 bits per heavy atom. The minimum atomic E-state index is -1.17. The van der Waals surface area contributed by atoms with Gasteiger partial charge >= 0.3 is 5.97 Å². The first kappa shape index (κ1) is 15.2. The molecule has 2 rings (SSSR count). The van der Waals surface area contributed by atoms with Crippen molar-refractivity contribution < 1.29 is 24.4 Å². The van der Waals surface area contributed by atoms with Gasteiger partial charge in [-0.2, -0.15) is 0 Å². The summed E-state index contributed by atoms with van der Waals surface area (Å²) in [5, 5.41) is 19.7. The number of benzene rings is 1. The zero-order chi connectivity index (χ0) is 15.6. The van der Waals surface area contributed by atoms with Gasteiger partial charge in [-0.15, -0.1) is 0 Å². The first-order valence-corrected chi connectivity index (χ1v) is 6.35. The van der Waals surface area contributed by atoms with Gasteiger partial charge in [0.05, 0.1) is 28.7 Å². The zero-order valence-electron chi connectivity index (χ0n) is 10.7. The van der Waals surface area contributed by atoms with Crippen molar-refractivity contribution in [2.24, 2.45) is 0 Å². The van der Waals surface area contributed by atoms with Gasteiger partial charge in [0.1, 0.15) is 0 Å². The Morgan fingerprint density at radius 1 is 1.48 bits per heavy atom. The number of hydrogen-bond donors (Lipinski definition) is 1. The molecule has 1 atom stereocenters. The molecule has 1 aliphatic rings. The number of non-ortho nitro benzene ring substituents is 1. The van der Waals surface area contributed by atoms with Crippen molar-refractivity contribution in [1.82, 2.24) is 4.90 Å². The number of carbonyl (C=O) groups is 2. The highest BCUT2D eigenvalue weighted by molar-refractivity contribution is 6.33.